The summed E-state index contributed by atoms with van der Waals surface area (Å²) in [5.74, 6) is 0. The Morgan fingerprint density at radius 3 is 2.03 bits per heavy atom. The molecule has 1 heterocycles. The van der Waals surface area contributed by atoms with Crippen molar-refractivity contribution in [3.63, 3.8) is 0 Å². The summed E-state index contributed by atoms with van der Waals surface area (Å²) in [6.07, 6.45) is 8.86. The van der Waals surface area contributed by atoms with Crippen molar-refractivity contribution in [3.05, 3.63) is 113 Å². The van der Waals surface area contributed by atoms with Crippen LogP contribution in [0.1, 0.15) is 35.1 Å². The van der Waals surface area contributed by atoms with Crippen molar-refractivity contribution in [2.45, 2.75) is 38.5 Å². The number of rotatable bonds is 2. The van der Waals surface area contributed by atoms with Gasteiger partial charge in [-0.1, -0.05) is 72.8 Å². The Balaban J connectivity index is 1.54. The van der Waals surface area contributed by atoms with E-state index in [1.807, 2.05) is 6.20 Å². The number of aryl methyl sites for hydroxylation is 4. The maximum atomic E-state index is 4.64. The highest BCUT2D eigenvalue weighted by Crippen LogP contribution is 2.30. The van der Waals surface area contributed by atoms with Gasteiger partial charge in [0.25, 0.3) is 0 Å². The minimum Gasteiger partial charge on any atom is -0.256 e. The van der Waals surface area contributed by atoms with Crippen molar-refractivity contribution in [1.82, 2.24) is 4.98 Å². The molecule has 0 spiro atoms. The van der Waals surface area contributed by atoms with Crippen LogP contribution in [0.15, 0.2) is 91.1 Å². The molecule has 0 fully saturated rings. The average molecular weight is 390 g/mol. The summed E-state index contributed by atoms with van der Waals surface area (Å²) in [6.45, 7) is 0. The Labute approximate surface area is 179 Å². The van der Waals surface area contributed by atoms with E-state index in [1.54, 1.807) is 0 Å². The van der Waals surface area contributed by atoms with Crippen LogP contribution in [0.2, 0.25) is 0 Å². The molecule has 4 bridgehead atoms. The number of pyridine rings is 1. The smallest absolute Gasteiger partial charge is 0.0708 e. The lowest BCUT2D eigenvalue weighted by Crippen LogP contribution is -1.99. The Bertz CT molecular complexity index is 1130. The summed E-state index contributed by atoms with van der Waals surface area (Å²) in [7, 11) is 0. The standard InChI is InChI=1S/C29H27N/c1-2-8-26(9-3-1)29-21-27(18-19-30-29)28-20-24-7-5-4-6-22-10-12-23(13-11-22)14-16-25(28)17-15-24/h1-3,8-13,15,17-21H,4-7,14,16H2. The van der Waals surface area contributed by atoms with E-state index >= 15 is 0 Å². The lowest BCUT2D eigenvalue weighted by Gasteiger charge is -2.15. The second-order valence-electron chi connectivity index (χ2n) is 8.31. The van der Waals surface area contributed by atoms with Crippen LogP contribution in [0.25, 0.3) is 22.4 Å². The molecule has 0 saturated carbocycles. The number of aromatic nitrogens is 1. The van der Waals surface area contributed by atoms with E-state index < -0.39 is 0 Å². The largest absolute Gasteiger partial charge is 0.256 e. The van der Waals surface area contributed by atoms with Crippen LogP contribution in [0.3, 0.4) is 0 Å². The van der Waals surface area contributed by atoms with Gasteiger partial charge in [0.2, 0.25) is 0 Å². The molecule has 30 heavy (non-hydrogen) atoms. The lowest BCUT2D eigenvalue weighted by molar-refractivity contribution is 0.733. The van der Waals surface area contributed by atoms with Crippen molar-refractivity contribution in [1.29, 1.82) is 0 Å². The minimum atomic E-state index is 1.04. The molecule has 3 aromatic carbocycles. The molecule has 0 amide bonds. The molecule has 0 saturated heterocycles. The topological polar surface area (TPSA) is 12.9 Å². The molecule has 4 aliphatic carbocycles. The van der Waals surface area contributed by atoms with Gasteiger partial charge in [-0.15, -0.1) is 0 Å². The summed E-state index contributed by atoms with van der Waals surface area (Å²) in [5, 5.41) is 0. The van der Waals surface area contributed by atoms with Gasteiger partial charge >= 0.3 is 0 Å². The van der Waals surface area contributed by atoms with E-state index in [0.717, 1.165) is 25.0 Å². The van der Waals surface area contributed by atoms with Gasteiger partial charge in [0.15, 0.2) is 0 Å². The first-order valence-corrected chi connectivity index (χ1v) is 11.1. The predicted molar refractivity (Wildman–Crippen MR) is 126 cm³/mol. The maximum Gasteiger partial charge on any atom is 0.0708 e. The molecule has 0 unspecified atom stereocenters. The molecule has 0 radical (unpaired) electrons. The fourth-order valence-corrected chi connectivity index (χ4v) is 4.44. The first-order valence-electron chi connectivity index (χ1n) is 11.1. The molecule has 0 aliphatic heterocycles. The van der Waals surface area contributed by atoms with Crippen LogP contribution in [-0.2, 0) is 25.7 Å². The van der Waals surface area contributed by atoms with Crippen molar-refractivity contribution in [3.8, 4) is 22.4 Å². The Hall–Kier alpha value is -3.19. The van der Waals surface area contributed by atoms with Crippen LogP contribution in [0.5, 0.6) is 0 Å². The second kappa shape index (κ2) is 8.67. The Morgan fingerprint density at radius 1 is 0.533 bits per heavy atom. The van der Waals surface area contributed by atoms with Crippen LogP contribution >= 0.6 is 0 Å². The van der Waals surface area contributed by atoms with E-state index in [9.17, 15) is 0 Å². The van der Waals surface area contributed by atoms with Gasteiger partial charge < -0.3 is 0 Å². The number of nitrogens with zero attached hydrogens (tertiary/aromatic N) is 1. The molecule has 0 atom stereocenters. The predicted octanol–water partition coefficient (Wildman–Crippen LogP) is 7.08. The fraction of sp³-hybridized carbons (Fsp3) is 0.207. The summed E-state index contributed by atoms with van der Waals surface area (Å²) < 4.78 is 0. The quantitative estimate of drug-likeness (QED) is 0.357. The number of benzene rings is 3. The zero-order valence-corrected chi connectivity index (χ0v) is 17.4. The van der Waals surface area contributed by atoms with E-state index in [2.05, 4.69) is 89.9 Å². The summed E-state index contributed by atoms with van der Waals surface area (Å²) in [6, 6.07) is 31.3. The van der Waals surface area contributed by atoms with Gasteiger partial charge in [-0.25, -0.2) is 0 Å². The monoisotopic (exact) mass is 389 g/mol. The molecular formula is C29H27N. The van der Waals surface area contributed by atoms with Gasteiger partial charge in [-0.2, -0.15) is 0 Å². The lowest BCUT2D eigenvalue weighted by atomic mass is 9.91. The first kappa shape index (κ1) is 18.8. The number of hydrogen-bond donors (Lipinski definition) is 0. The Kier molecular flexibility index (Phi) is 5.44. The molecule has 1 nitrogen and oxygen atoms in total. The third-order valence-electron chi connectivity index (χ3n) is 6.20. The molecule has 4 aromatic rings. The van der Waals surface area contributed by atoms with Crippen molar-refractivity contribution >= 4 is 0 Å². The molecule has 8 rings (SSSR count). The summed E-state index contributed by atoms with van der Waals surface area (Å²) in [5.41, 5.74) is 10.6. The van der Waals surface area contributed by atoms with Gasteiger partial charge in [-0.05, 0) is 84.0 Å². The van der Waals surface area contributed by atoms with Gasteiger partial charge in [-0.3, -0.25) is 4.98 Å². The fourth-order valence-electron chi connectivity index (χ4n) is 4.44. The zero-order chi connectivity index (χ0) is 20.2. The molecular weight excluding hydrogens is 362 g/mol. The van der Waals surface area contributed by atoms with Crippen LogP contribution in [0.4, 0.5) is 0 Å². The van der Waals surface area contributed by atoms with Crippen molar-refractivity contribution < 1.29 is 0 Å². The maximum absolute atomic E-state index is 4.64. The normalized spacial score (nSPS) is 13.9. The SMILES string of the molecule is c1ccc(-c2cc(-c3cc4ccc3CCc3ccc(cc3)CCCC4)ccn2)cc1. The van der Waals surface area contributed by atoms with Gasteiger partial charge in [0, 0.05) is 11.8 Å². The van der Waals surface area contributed by atoms with Crippen LogP contribution < -0.4 is 0 Å². The van der Waals surface area contributed by atoms with Crippen molar-refractivity contribution in [2.24, 2.45) is 0 Å². The first-order chi connectivity index (χ1) is 14.8. The molecule has 0 N–H and O–H groups in total. The average Bonchev–Trinajstić information content (AvgIpc) is 2.82. The van der Waals surface area contributed by atoms with Crippen LogP contribution in [-0.4, -0.2) is 4.98 Å². The van der Waals surface area contributed by atoms with Gasteiger partial charge in [0.1, 0.15) is 0 Å². The van der Waals surface area contributed by atoms with E-state index in [0.29, 0.717) is 0 Å². The van der Waals surface area contributed by atoms with Gasteiger partial charge in [0.05, 0.1) is 5.69 Å². The van der Waals surface area contributed by atoms with E-state index in [4.69, 9.17) is 0 Å². The van der Waals surface area contributed by atoms with Crippen molar-refractivity contribution in [2.75, 3.05) is 0 Å². The number of hydrogen-bond acceptors (Lipinski definition) is 1. The minimum absolute atomic E-state index is 1.04. The van der Waals surface area contributed by atoms with E-state index in [-0.39, 0.29) is 0 Å². The molecule has 148 valence electrons. The molecule has 1 heteroatoms. The summed E-state index contributed by atoms with van der Waals surface area (Å²) in [4.78, 5) is 4.64. The van der Waals surface area contributed by atoms with E-state index in [1.165, 1.54) is 58.2 Å². The summed E-state index contributed by atoms with van der Waals surface area (Å²) >= 11 is 0. The van der Waals surface area contributed by atoms with Crippen LogP contribution in [0, 0.1) is 0 Å². The third-order valence-corrected chi connectivity index (χ3v) is 6.20. The zero-order valence-electron chi connectivity index (χ0n) is 17.4. The highest BCUT2D eigenvalue weighted by Gasteiger charge is 2.10. The molecule has 4 aliphatic rings. The highest BCUT2D eigenvalue weighted by atomic mass is 14.7. The Morgan fingerprint density at radius 2 is 1.23 bits per heavy atom. The third kappa shape index (κ3) is 4.21. The second-order valence-corrected chi connectivity index (χ2v) is 8.31. The highest BCUT2D eigenvalue weighted by molar-refractivity contribution is 5.73. The molecule has 1 aromatic heterocycles.